The third-order valence-corrected chi connectivity index (χ3v) is 4.50. The van der Waals surface area contributed by atoms with Gasteiger partial charge in [-0.3, -0.25) is 9.78 Å². The number of para-hydroxylation sites is 1. The van der Waals surface area contributed by atoms with E-state index in [-0.39, 0.29) is 11.8 Å². The third-order valence-electron chi connectivity index (χ3n) is 4.09. The topological polar surface area (TPSA) is 42.0 Å². The summed E-state index contributed by atoms with van der Waals surface area (Å²) in [6.07, 6.45) is 0. The van der Waals surface area contributed by atoms with Crippen molar-refractivity contribution in [2.24, 2.45) is 0 Å². The number of benzene rings is 2. The fraction of sp³-hybridized carbons (Fsp3) is 0.200. The van der Waals surface area contributed by atoms with Gasteiger partial charge in [0.2, 0.25) is 0 Å². The highest BCUT2D eigenvalue weighted by Crippen LogP contribution is 2.26. The van der Waals surface area contributed by atoms with Crippen molar-refractivity contribution in [1.82, 2.24) is 4.98 Å². The van der Waals surface area contributed by atoms with E-state index in [9.17, 15) is 4.79 Å². The third kappa shape index (κ3) is 3.13. The molecule has 122 valence electrons. The molecule has 1 amide bonds. The van der Waals surface area contributed by atoms with Crippen LogP contribution < -0.4 is 5.32 Å². The van der Waals surface area contributed by atoms with Crippen molar-refractivity contribution >= 4 is 34.1 Å². The molecule has 0 aliphatic rings. The molecule has 0 saturated carbocycles. The molecule has 0 unspecified atom stereocenters. The lowest BCUT2D eigenvalue weighted by Crippen LogP contribution is -2.14. The molecule has 0 aliphatic heterocycles. The van der Waals surface area contributed by atoms with Crippen LogP contribution in [0, 0.1) is 6.92 Å². The molecule has 1 aromatic heterocycles. The first kappa shape index (κ1) is 16.5. The van der Waals surface area contributed by atoms with Gasteiger partial charge < -0.3 is 5.32 Å². The Bertz CT molecular complexity index is 919. The summed E-state index contributed by atoms with van der Waals surface area (Å²) in [5, 5.41) is 4.46. The molecule has 0 bridgehead atoms. The van der Waals surface area contributed by atoms with Gasteiger partial charge in [0.25, 0.3) is 5.91 Å². The normalized spacial score (nSPS) is 11.0. The minimum atomic E-state index is -0.152. The Hall–Kier alpha value is -2.39. The summed E-state index contributed by atoms with van der Waals surface area (Å²) in [7, 11) is 0. The number of amides is 1. The van der Waals surface area contributed by atoms with Gasteiger partial charge in [-0.05, 0) is 42.7 Å². The Morgan fingerprint density at radius 3 is 2.62 bits per heavy atom. The minimum absolute atomic E-state index is 0.152. The molecule has 3 rings (SSSR count). The Balaban J connectivity index is 2.07. The summed E-state index contributed by atoms with van der Waals surface area (Å²) < 4.78 is 0. The van der Waals surface area contributed by atoms with Gasteiger partial charge in [-0.15, -0.1) is 0 Å². The average molecular weight is 339 g/mol. The molecule has 1 heterocycles. The second-order valence-corrected chi connectivity index (χ2v) is 6.54. The van der Waals surface area contributed by atoms with Crippen LogP contribution >= 0.6 is 11.6 Å². The molecule has 0 aliphatic carbocycles. The SMILES string of the molecule is Cc1c(Cl)cccc1NC(=O)c1cc(C(C)C)nc2ccccc12. The summed E-state index contributed by atoms with van der Waals surface area (Å²) in [4.78, 5) is 17.5. The number of anilines is 1. The van der Waals surface area contributed by atoms with E-state index >= 15 is 0 Å². The van der Waals surface area contributed by atoms with Crippen molar-refractivity contribution < 1.29 is 4.79 Å². The highest BCUT2D eigenvalue weighted by atomic mass is 35.5. The highest BCUT2D eigenvalue weighted by Gasteiger charge is 2.15. The smallest absolute Gasteiger partial charge is 0.256 e. The summed E-state index contributed by atoms with van der Waals surface area (Å²) in [6.45, 7) is 6.03. The van der Waals surface area contributed by atoms with E-state index in [1.807, 2.05) is 55.5 Å². The summed E-state index contributed by atoms with van der Waals surface area (Å²) in [5.74, 6) is 0.0925. The van der Waals surface area contributed by atoms with Crippen molar-refractivity contribution in [3.05, 3.63) is 70.4 Å². The number of halogens is 1. The summed E-state index contributed by atoms with van der Waals surface area (Å²) in [6, 6.07) is 15.1. The lowest BCUT2D eigenvalue weighted by Gasteiger charge is -2.13. The van der Waals surface area contributed by atoms with Gasteiger partial charge in [0, 0.05) is 21.8 Å². The van der Waals surface area contributed by atoms with Crippen LogP contribution in [0.1, 0.15) is 41.4 Å². The van der Waals surface area contributed by atoms with Gasteiger partial charge in [-0.25, -0.2) is 0 Å². The van der Waals surface area contributed by atoms with Gasteiger partial charge in [0.15, 0.2) is 0 Å². The van der Waals surface area contributed by atoms with Crippen molar-refractivity contribution in [3.63, 3.8) is 0 Å². The number of pyridine rings is 1. The quantitative estimate of drug-likeness (QED) is 0.678. The van der Waals surface area contributed by atoms with Gasteiger partial charge in [-0.1, -0.05) is 49.7 Å². The van der Waals surface area contributed by atoms with Crippen LogP contribution in [0.25, 0.3) is 10.9 Å². The van der Waals surface area contributed by atoms with E-state index in [2.05, 4.69) is 24.1 Å². The number of fused-ring (bicyclic) bond motifs is 1. The van der Waals surface area contributed by atoms with E-state index in [4.69, 9.17) is 11.6 Å². The maximum atomic E-state index is 12.9. The molecule has 24 heavy (non-hydrogen) atoms. The Morgan fingerprint density at radius 2 is 1.88 bits per heavy atom. The lowest BCUT2D eigenvalue weighted by molar-refractivity contribution is 0.102. The van der Waals surface area contributed by atoms with Crippen molar-refractivity contribution in [3.8, 4) is 0 Å². The molecule has 0 fully saturated rings. The predicted octanol–water partition coefficient (Wildman–Crippen LogP) is 5.57. The number of hydrogen-bond donors (Lipinski definition) is 1. The zero-order valence-corrected chi connectivity index (χ0v) is 14.7. The Morgan fingerprint density at radius 1 is 1.12 bits per heavy atom. The van der Waals surface area contributed by atoms with Crippen LogP contribution in [0.2, 0.25) is 5.02 Å². The fourth-order valence-electron chi connectivity index (χ4n) is 2.61. The number of carbonyl (C=O) groups is 1. The highest BCUT2D eigenvalue weighted by molar-refractivity contribution is 6.31. The molecule has 2 aromatic carbocycles. The second kappa shape index (κ2) is 6.62. The van der Waals surface area contributed by atoms with E-state index in [1.54, 1.807) is 0 Å². The van der Waals surface area contributed by atoms with Gasteiger partial charge in [-0.2, -0.15) is 0 Å². The molecule has 3 nitrogen and oxygen atoms in total. The van der Waals surface area contributed by atoms with Crippen molar-refractivity contribution in [1.29, 1.82) is 0 Å². The number of nitrogens with zero attached hydrogens (tertiary/aromatic N) is 1. The van der Waals surface area contributed by atoms with Crippen LogP contribution in [-0.4, -0.2) is 10.9 Å². The standard InChI is InChI=1S/C20H19ClN2O/c1-12(2)19-11-15(14-7-4-5-9-18(14)22-19)20(24)23-17-10-6-8-16(21)13(17)3/h4-12H,1-3H3,(H,23,24). The first-order valence-electron chi connectivity index (χ1n) is 7.93. The molecular weight excluding hydrogens is 320 g/mol. The van der Waals surface area contributed by atoms with Crippen LogP contribution in [-0.2, 0) is 0 Å². The molecule has 0 atom stereocenters. The molecule has 0 saturated heterocycles. The van der Waals surface area contributed by atoms with Crippen molar-refractivity contribution in [2.45, 2.75) is 26.7 Å². The van der Waals surface area contributed by atoms with Gasteiger partial charge >= 0.3 is 0 Å². The first-order valence-corrected chi connectivity index (χ1v) is 8.31. The van der Waals surface area contributed by atoms with E-state index in [0.29, 0.717) is 10.6 Å². The molecule has 3 aromatic rings. The number of carbonyl (C=O) groups excluding carboxylic acids is 1. The minimum Gasteiger partial charge on any atom is -0.322 e. The van der Waals surface area contributed by atoms with Crippen LogP contribution in [0.15, 0.2) is 48.5 Å². The van der Waals surface area contributed by atoms with Crippen molar-refractivity contribution in [2.75, 3.05) is 5.32 Å². The lowest BCUT2D eigenvalue weighted by atomic mass is 10.0. The predicted molar refractivity (Wildman–Crippen MR) is 100.0 cm³/mol. The van der Waals surface area contributed by atoms with Crippen LogP contribution in [0.4, 0.5) is 5.69 Å². The Kier molecular flexibility index (Phi) is 4.54. The average Bonchev–Trinajstić information content (AvgIpc) is 2.57. The number of rotatable bonds is 3. The Labute approximate surface area is 146 Å². The van der Waals surface area contributed by atoms with E-state index in [0.717, 1.165) is 27.8 Å². The molecule has 0 spiro atoms. The number of nitrogens with one attached hydrogen (secondary N) is 1. The molecule has 4 heteroatoms. The fourth-order valence-corrected chi connectivity index (χ4v) is 2.79. The maximum Gasteiger partial charge on any atom is 0.256 e. The number of hydrogen-bond acceptors (Lipinski definition) is 2. The van der Waals surface area contributed by atoms with E-state index in [1.165, 1.54) is 0 Å². The van der Waals surface area contributed by atoms with Crippen LogP contribution in [0.5, 0.6) is 0 Å². The first-order chi connectivity index (χ1) is 11.5. The second-order valence-electron chi connectivity index (χ2n) is 6.13. The van der Waals surface area contributed by atoms with Gasteiger partial charge in [0.05, 0.1) is 11.1 Å². The molecule has 1 N–H and O–H groups in total. The zero-order chi connectivity index (χ0) is 17.3. The maximum absolute atomic E-state index is 12.9. The molecular formula is C20H19ClN2O. The summed E-state index contributed by atoms with van der Waals surface area (Å²) >= 11 is 6.14. The van der Waals surface area contributed by atoms with Gasteiger partial charge in [0.1, 0.15) is 0 Å². The number of aromatic nitrogens is 1. The molecule has 0 radical (unpaired) electrons. The monoisotopic (exact) mass is 338 g/mol. The van der Waals surface area contributed by atoms with Crippen LogP contribution in [0.3, 0.4) is 0 Å². The van der Waals surface area contributed by atoms with E-state index < -0.39 is 0 Å². The summed E-state index contributed by atoms with van der Waals surface area (Å²) in [5.41, 5.74) is 3.94. The zero-order valence-electron chi connectivity index (χ0n) is 13.9. The largest absolute Gasteiger partial charge is 0.322 e.